The quantitative estimate of drug-likeness (QED) is 0.546. The molecule has 1 N–H and O–H groups in total. The molecule has 1 aromatic carbocycles. The van der Waals surface area contributed by atoms with Crippen LogP contribution in [0.25, 0.3) is 0 Å². The highest BCUT2D eigenvalue weighted by Gasteiger charge is 2.29. The molecule has 1 heterocycles. The van der Waals surface area contributed by atoms with Gasteiger partial charge in [0.1, 0.15) is 12.2 Å². The average molecular weight is 196 g/mol. The molecule has 13 heavy (non-hydrogen) atoms. The van der Waals surface area contributed by atoms with Crippen molar-refractivity contribution >= 4 is 29.5 Å². The van der Waals surface area contributed by atoms with Crippen molar-refractivity contribution in [2.45, 2.75) is 5.92 Å². The normalized spacial score (nSPS) is 19.5. The summed E-state index contributed by atoms with van der Waals surface area (Å²) < 4.78 is 0. The van der Waals surface area contributed by atoms with Gasteiger partial charge >= 0.3 is 0 Å². The number of benzene rings is 1. The van der Waals surface area contributed by atoms with Crippen molar-refractivity contribution in [3.8, 4) is 0 Å². The van der Waals surface area contributed by atoms with E-state index in [1.165, 1.54) is 0 Å². The minimum absolute atomic E-state index is 0.285. The lowest BCUT2D eigenvalue weighted by Crippen LogP contribution is -2.12. The lowest BCUT2D eigenvalue weighted by atomic mass is 10.0. The number of nitrogens with one attached hydrogen (secondary N) is 1. The van der Waals surface area contributed by atoms with E-state index in [2.05, 4.69) is 5.32 Å². The molecule has 0 spiro atoms. The Kier molecular flexibility index (Phi) is 1.81. The van der Waals surface area contributed by atoms with Crippen molar-refractivity contribution in [1.29, 1.82) is 0 Å². The van der Waals surface area contributed by atoms with Crippen molar-refractivity contribution < 1.29 is 9.59 Å². The second kappa shape index (κ2) is 2.85. The Bertz CT molecular complexity index is 389. The van der Waals surface area contributed by atoms with E-state index in [1.54, 1.807) is 18.2 Å². The molecular weight excluding hydrogens is 190 g/mol. The fraction of sp³-hybridized carbons (Fsp3) is 0.111. The van der Waals surface area contributed by atoms with Crippen molar-refractivity contribution in [2.75, 3.05) is 5.32 Å². The van der Waals surface area contributed by atoms with Gasteiger partial charge in [0.15, 0.2) is 0 Å². The predicted octanol–water partition coefficient (Wildman–Crippen LogP) is 1.57. The van der Waals surface area contributed by atoms with Crippen LogP contribution in [0.5, 0.6) is 0 Å². The van der Waals surface area contributed by atoms with Gasteiger partial charge in [-0.25, -0.2) is 0 Å². The number of carbonyl (C=O) groups is 2. The Morgan fingerprint density at radius 2 is 2.23 bits per heavy atom. The van der Waals surface area contributed by atoms with Gasteiger partial charge < -0.3 is 10.1 Å². The second-order valence-electron chi connectivity index (χ2n) is 2.83. The lowest BCUT2D eigenvalue weighted by Gasteiger charge is -1.99. The number of anilines is 1. The first-order valence-electron chi connectivity index (χ1n) is 3.78. The van der Waals surface area contributed by atoms with E-state index in [-0.39, 0.29) is 5.91 Å². The largest absolute Gasteiger partial charge is 0.325 e. The Morgan fingerprint density at radius 1 is 1.46 bits per heavy atom. The summed E-state index contributed by atoms with van der Waals surface area (Å²) in [5.41, 5.74) is 1.33. The predicted molar refractivity (Wildman–Crippen MR) is 48.9 cm³/mol. The third-order valence-electron chi connectivity index (χ3n) is 2.03. The molecule has 2 rings (SSSR count). The first kappa shape index (κ1) is 8.26. The van der Waals surface area contributed by atoms with Gasteiger partial charge in [-0.15, -0.1) is 0 Å². The van der Waals surface area contributed by atoms with Crippen LogP contribution in [0.2, 0.25) is 5.02 Å². The Labute approximate surface area is 79.7 Å². The van der Waals surface area contributed by atoms with Crippen molar-refractivity contribution in [2.24, 2.45) is 0 Å². The minimum Gasteiger partial charge on any atom is -0.325 e. The first-order chi connectivity index (χ1) is 6.22. The number of hydrogen-bond donors (Lipinski definition) is 1. The Balaban J connectivity index is 2.55. The smallest absolute Gasteiger partial charge is 0.239 e. The summed E-state index contributed by atoms with van der Waals surface area (Å²) in [5.74, 6) is -0.985. The fourth-order valence-corrected chi connectivity index (χ4v) is 1.57. The van der Waals surface area contributed by atoms with Crippen LogP contribution in [-0.4, -0.2) is 12.2 Å². The number of halogens is 1. The summed E-state index contributed by atoms with van der Waals surface area (Å²) in [5, 5.41) is 3.13. The SMILES string of the molecule is O=C[C@@H]1C(=O)Nc2ccc(Cl)cc21. The van der Waals surface area contributed by atoms with Gasteiger partial charge in [0.25, 0.3) is 0 Å². The molecule has 0 aliphatic carbocycles. The number of hydrogen-bond acceptors (Lipinski definition) is 2. The molecule has 0 fully saturated rings. The molecule has 1 aliphatic rings. The molecule has 0 saturated carbocycles. The molecule has 3 nitrogen and oxygen atoms in total. The third kappa shape index (κ3) is 1.21. The maximum absolute atomic E-state index is 11.2. The molecule has 66 valence electrons. The number of rotatable bonds is 1. The second-order valence-corrected chi connectivity index (χ2v) is 3.27. The van der Waals surface area contributed by atoms with E-state index in [9.17, 15) is 9.59 Å². The molecule has 1 atom stereocenters. The van der Waals surface area contributed by atoms with Crippen LogP contribution in [-0.2, 0) is 9.59 Å². The molecule has 4 heteroatoms. The molecule has 1 aliphatic heterocycles. The Morgan fingerprint density at radius 3 is 2.92 bits per heavy atom. The van der Waals surface area contributed by atoms with Crippen LogP contribution in [0.3, 0.4) is 0 Å². The van der Waals surface area contributed by atoms with Crippen LogP contribution in [0.1, 0.15) is 11.5 Å². The minimum atomic E-state index is -0.700. The zero-order chi connectivity index (χ0) is 9.42. The van der Waals surface area contributed by atoms with Gasteiger partial charge in [0.2, 0.25) is 5.91 Å². The van der Waals surface area contributed by atoms with Crippen LogP contribution >= 0.6 is 11.6 Å². The molecule has 1 amide bonds. The fourth-order valence-electron chi connectivity index (χ4n) is 1.39. The zero-order valence-electron chi connectivity index (χ0n) is 6.58. The highest BCUT2D eigenvalue weighted by Crippen LogP contribution is 2.32. The van der Waals surface area contributed by atoms with Gasteiger partial charge in [-0.2, -0.15) is 0 Å². The van der Waals surface area contributed by atoms with Gasteiger partial charge in [0, 0.05) is 10.7 Å². The highest BCUT2D eigenvalue weighted by atomic mass is 35.5. The van der Waals surface area contributed by atoms with Gasteiger partial charge in [-0.05, 0) is 23.8 Å². The number of amides is 1. The third-order valence-corrected chi connectivity index (χ3v) is 2.26. The standard InChI is InChI=1S/C9H6ClNO2/c10-5-1-2-8-6(3-5)7(4-12)9(13)11-8/h1-4,7H,(H,11,13)/t7-/m0/s1. The van der Waals surface area contributed by atoms with E-state index in [0.29, 0.717) is 22.6 Å². The van der Waals surface area contributed by atoms with Gasteiger partial charge in [-0.1, -0.05) is 11.6 Å². The van der Waals surface area contributed by atoms with Gasteiger partial charge in [0.05, 0.1) is 0 Å². The summed E-state index contributed by atoms with van der Waals surface area (Å²) in [6.07, 6.45) is 0.623. The summed E-state index contributed by atoms with van der Waals surface area (Å²) >= 11 is 5.74. The molecule has 0 saturated heterocycles. The van der Waals surface area contributed by atoms with Crippen molar-refractivity contribution in [3.63, 3.8) is 0 Å². The van der Waals surface area contributed by atoms with Crippen molar-refractivity contribution in [3.05, 3.63) is 28.8 Å². The zero-order valence-corrected chi connectivity index (χ0v) is 7.34. The monoisotopic (exact) mass is 195 g/mol. The summed E-state index contributed by atoms with van der Waals surface area (Å²) in [4.78, 5) is 21.8. The first-order valence-corrected chi connectivity index (χ1v) is 4.16. The number of aldehydes is 1. The average Bonchev–Trinajstić information content (AvgIpc) is 2.40. The van der Waals surface area contributed by atoms with E-state index in [1.807, 2.05) is 0 Å². The number of carbonyl (C=O) groups excluding carboxylic acids is 2. The molecule has 1 aromatic rings. The maximum atomic E-state index is 11.2. The lowest BCUT2D eigenvalue weighted by molar-refractivity contribution is -0.121. The molecule has 0 radical (unpaired) electrons. The summed E-state index contributed by atoms with van der Waals surface area (Å²) in [6, 6.07) is 5.00. The van der Waals surface area contributed by atoms with E-state index in [0.717, 1.165) is 0 Å². The van der Waals surface area contributed by atoms with Crippen LogP contribution in [0, 0.1) is 0 Å². The molecular formula is C9H6ClNO2. The maximum Gasteiger partial charge on any atom is 0.239 e. The van der Waals surface area contributed by atoms with Gasteiger partial charge in [-0.3, -0.25) is 4.79 Å². The van der Waals surface area contributed by atoms with Crippen LogP contribution in [0.15, 0.2) is 18.2 Å². The Hall–Kier alpha value is -1.35. The van der Waals surface area contributed by atoms with Crippen molar-refractivity contribution in [1.82, 2.24) is 0 Å². The van der Waals surface area contributed by atoms with Crippen LogP contribution in [0.4, 0.5) is 5.69 Å². The summed E-state index contributed by atoms with van der Waals surface area (Å²) in [7, 11) is 0. The van der Waals surface area contributed by atoms with E-state index >= 15 is 0 Å². The molecule has 0 unspecified atom stereocenters. The van der Waals surface area contributed by atoms with Crippen LogP contribution < -0.4 is 5.32 Å². The molecule has 0 bridgehead atoms. The summed E-state index contributed by atoms with van der Waals surface area (Å²) in [6.45, 7) is 0. The highest BCUT2D eigenvalue weighted by molar-refractivity contribution is 6.31. The topological polar surface area (TPSA) is 46.2 Å². The van der Waals surface area contributed by atoms with E-state index in [4.69, 9.17) is 11.6 Å². The van der Waals surface area contributed by atoms with E-state index < -0.39 is 5.92 Å². The molecule has 0 aromatic heterocycles. The number of fused-ring (bicyclic) bond motifs is 1.